The molecule has 0 aliphatic carbocycles. The van der Waals surface area contributed by atoms with E-state index in [4.69, 9.17) is 4.74 Å². The third kappa shape index (κ3) is 3.19. The maximum atomic E-state index is 13.0. The largest absolute Gasteiger partial charge is 0.461 e. The molecular formula is C17H21N3O4S. The lowest BCUT2D eigenvalue weighted by Gasteiger charge is -2.26. The molecule has 3 rings (SSSR count). The van der Waals surface area contributed by atoms with E-state index in [9.17, 15) is 13.2 Å². The van der Waals surface area contributed by atoms with Crippen molar-refractivity contribution in [1.29, 1.82) is 0 Å². The third-order valence-corrected chi connectivity index (χ3v) is 6.32. The van der Waals surface area contributed by atoms with Crippen LogP contribution < -0.4 is 0 Å². The van der Waals surface area contributed by atoms with Crippen molar-refractivity contribution < 1.29 is 17.9 Å². The number of esters is 1. The first-order valence-electron chi connectivity index (χ1n) is 8.15. The van der Waals surface area contributed by atoms with E-state index in [-0.39, 0.29) is 23.7 Å². The van der Waals surface area contributed by atoms with Crippen molar-refractivity contribution in [3.05, 3.63) is 46.3 Å². The van der Waals surface area contributed by atoms with Crippen LogP contribution in [0.2, 0.25) is 0 Å². The minimum Gasteiger partial charge on any atom is -0.461 e. The van der Waals surface area contributed by atoms with E-state index in [0.717, 1.165) is 16.8 Å². The average Bonchev–Trinajstić information content (AvgIpc) is 3.00. The molecule has 2 aromatic rings. The molecule has 0 bridgehead atoms. The number of nitrogens with one attached hydrogen (secondary N) is 1. The fourth-order valence-corrected chi connectivity index (χ4v) is 4.36. The van der Waals surface area contributed by atoms with Gasteiger partial charge >= 0.3 is 5.97 Å². The molecule has 8 heteroatoms. The Hall–Kier alpha value is -2.19. The molecule has 0 amide bonds. The van der Waals surface area contributed by atoms with Crippen molar-refractivity contribution in [3.8, 4) is 0 Å². The fourth-order valence-electron chi connectivity index (χ4n) is 2.87. The molecule has 0 saturated heterocycles. The molecule has 0 atom stereocenters. The number of H-pyrrole nitrogens is 1. The molecule has 2 heterocycles. The Labute approximate surface area is 147 Å². The van der Waals surface area contributed by atoms with Gasteiger partial charge in [0.25, 0.3) is 0 Å². The summed E-state index contributed by atoms with van der Waals surface area (Å²) < 4.78 is 32.3. The van der Waals surface area contributed by atoms with Crippen molar-refractivity contribution in [2.45, 2.75) is 38.6 Å². The van der Waals surface area contributed by atoms with Gasteiger partial charge in [-0.2, -0.15) is 9.40 Å². The number of carbonyl (C=O) groups excluding carboxylic acids is 1. The average molecular weight is 363 g/mol. The van der Waals surface area contributed by atoms with E-state index in [1.165, 1.54) is 4.31 Å². The minimum absolute atomic E-state index is 0.106. The normalized spacial score (nSPS) is 15.0. The van der Waals surface area contributed by atoms with Crippen molar-refractivity contribution in [2.24, 2.45) is 0 Å². The van der Waals surface area contributed by atoms with Gasteiger partial charge in [-0.3, -0.25) is 5.10 Å². The third-order valence-electron chi connectivity index (χ3n) is 4.48. The van der Waals surface area contributed by atoms with E-state index < -0.39 is 16.0 Å². The number of aryl methyl sites for hydroxylation is 2. The van der Waals surface area contributed by atoms with E-state index in [0.29, 0.717) is 18.5 Å². The van der Waals surface area contributed by atoms with Crippen molar-refractivity contribution in [2.75, 3.05) is 13.2 Å². The Kier molecular flexibility index (Phi) is 4.66. The SMILES string of the molecule is CCOC(=O)c1n[nH]c2c1CN(S(=O)(=O)c1ccc(C)c(C)c1)CC2. The summed E-state index contributed by atoms with van der Waals surface area (Å²) in [6, 6.07) is 5.11. The zero-order valence-electron chi connectivity index (χ0n) is 14.5. The molecule has 1 aromatic carbocycles. The van der Waals surface area contributed by atoms with Crippen LogP contribution in [0.1, 0.15) is 39.8 Å². The number of hydrogen-bond acceptors (Lipinski definition) is 5. The van der Waals surface area contributed by atoms with Crippen LogP contribution in [0.15, 0.2) is 23.1 Å². The highest BCUT2D eigenvalue weighted by Crippen LogP contribution is 2.27. The molecule has 0 spiro atoms. The highest BCUT2D eigenvalue weighted by atomic mass is 32.2. The lowest BCUT2D eigenvalue weighted by atomic mass is 10.1. The molecule has 0 fully saturated rings. The number of nitrogens with zero attached hydrogens (tertiary/aromatic N) is 2. The van der Waals surface area contributed by atoms with Gasteiger partial charge in [-0.1, -0.05) is 6.07 Å². The second-order valence-corrected chi connectivity index (χ2v) is 8.02. The zero-order chi connectivity index (χ0) is 18.2. The number of fused-ring (bicyclic) bond motifs is 1. The summed E-state index contributed by atoms with van der Waals surface area (Å²) in [5.74, 6) is -0.537. The molecule has 7 nitrogen and oxygen atoms in total. The Morgan fingerprint density at radius 3 is 2.76 bits per heavy atom. The summed E-state index contributed by atoms with van der Waals surface area (Å²) in [6.45, 7) is 6.23. The van der Waals surface area contributed by atoms with Gasteiger partial charge in [0.1, 0.15) is 0 Å². The molecule has 1 N–H and O–H groups in total. The lowest BCUT2D eigenvalue weighted by molar-refractivity contribution is 0.0517. The summed E-state index contributed by atoms with van der Waals surface area (Å²) in [5, 5.41) is 6.83. The van der Waals surface area contributed by atoms with Crippen LogP contribution in [0.3, 0.4) is 0 Å². The van der Waals surface area contributed by atoms with Gasteiger partial charge in [-0.25, -0.2) is 13.2 Å². The summed E-state index contributed by atoms with van der Waals surface area (Å²) in [7, 11) is -3.64. The number of aromatic amines is 1. The van der Waals surface area contributed by atoms with Crippen LogP contribution in [0.5, 0.6) is 0 Å². The smallest absolute Gasteiger partial charge is 0.359 e. The number of ether oxygens (including phenoxy) is 1. The molecule has 25 heavy (non-hydrogen) atoms. The Morgan fingerprint density at radius 1 is 1.32 bits per heavy atom. The topological polar surface area (TPSA) is 92.4 Å². The summed E-state index contributed by atoms with van der Waals surface area (Å²) in [5.41, 5.74) is 3.51. The fraction of sp³-hybridized carbons (Fsp3) is 0.412. The van der Waals surface area contributed by atoms with E-state index in [1.54, 1.807) is 25.1 Å². The minimum atomic E-state index is -3.64. The molecule has 134 valence electrons. The van der Waals surface area contributed by atoms with E-state index in [1.807, 2.05) is 13.8 Å². The Bertz CT molecular complexity index is 918. The van der Waals surface area contributed by atoms with Gasteiger partial charge in [0.2, 0.25) is 10.0 Å². The van der Waals surface area contributed by atoms with Gasteiger partial charge in [-0.15, -0.1) is 0 Å². The Balaban J connectivity index is 1.92. The standard InChI is InChI=1S/C17H21N3O4S/c1-4-24-17(21)16-14-10-20(8-7-15(14)18-19-16)25(22,23)13-6-5-11(2)12(3)9-13/h5-6,9H,4,7-8,10H2,1-3H3,(H,18,19). The maximum absolute atomic E-state index is 13.0. The summed E-state index contributed by atoms with van der Waals surface area (Å²) in [6.07, 6.45) is 0.478. The van der Waals surface area contributed by atoms with Crippen LogP contribution in [0.4, 0.5) is 0 Å². The van der Waals surface area contributed by atoms with Crippen LogP contribution >= 0.6 is 0 Å². The molecule has 1 aliphatic rings. The lowest BCUT2D eigenvalue weighted by Crippen LogP contribution is -2.36. The molecular weight excluding hydrogens is 342 g/mol. The van der Waals surface area contributed by atoms with Crippen LogP contribution in [0.25, 0.3) is 0 Å². The number of benzene rings is 1. The number of aromatic nitrogens is 2. The van der Waals surface area contributed by atoms with E-state index in [2.05, 4.69) is 10.2 Å². The van der Waals surface area contributed by atoms with E-state index >= 15 is 0 Å². The first kappa shape index (κ1) is 17.6. The summed E-state index contributed by atoms with van der Waals surface area (Å²) >= 11 is 0. The zero-order valence-corrected chi connectivity index (χ0v) is 15.3. The van der Waals surface area contributed by atoms with Crippen molar-refractivity contribution in [3.63, 3.8) is 0 Å². The summed E-state index contributed by atoms with van der Waals surface area (Å²) in [4.78, 5) is 12.3. The van der Waals surface area contributed by atoms with Gasteiger partial charge in [0, 0.05) is 30.8 Å². The van der Waals surface area contributed by atoms with Gasteiger partial charge in [0.05, 0.1) is 11.5 Å². The Morgan fingerprint density at radius 2 is 2.08 bits per heavy atom. The van der Waals surface area contributed by atoms with Crippen molar-refractivity contribution >= 4 is 16.0 Å². The number of hydrogen-bond donors (Lipinski definition) is 1. The molecule has 1 aliphatic heterocycles. The number of rotatable bonds is 4. The van der Waals surface area contributed by atoms with Crippen molar-refractivity contribution in [1.82, 2.24) is 14.5 Å². The second kappa shape index (κ2) is 6.61. The van der Waals surface area contributed by atoms with Crippen LogP contribution in [-0.2, 0) is 27.7 Å². The van der Waals surface area contributed by atoms with Crippen LogP contribution in [0, 0.1) is 13.8 Å². The molecule has 0 radical (unpaired) electrons. The maximum Gasteiger partial charge on any atom is 0.359 e. The highest BCUT2D eigenvalue weighted by molar-refractivity contribution is 7.89. The quantitative estimate of drug-likeness (QED) is 0.838. The number of carbonyl (C=O) groups is 1. The molecule has 0 saturated carbocycles. The van der Waals surface area contributed by atoms with Gasteiger partial charge in [0.15, 0.2) is 5.69 Å². The van der Waals surface area contributed by atoms with Crippen LogP contribution in [-0.4, -0.2) is 42.0 Å². The first-order valence-corrected chi connectivity index (χ1v) is 9.59. The van der Waals surface area contributed by atoms with Gasteiger partial charge < -0.3 is 4.74 Å². The first-order chi connectivity index (χ1) is 11.8. The number of sulfonamides is 1. The van der Waals surface area contributed by atoms with Gasteiger partial charge in [-0.05, 0) is 44.0 Å². The molecule has 0 unspecified atom stereocenters. The monoisotopic (exact) mass is 363 g/mol. The molecule has 1 aromatic heterocycles. The second-order valence-electron chi connectivity index (χ2n) is 6.08. The predicted octanol–water partition coefficient (Wildman–Crippen LogP) is 1.95. The highest BCUT2D eigenvalue weighted by Gasteiger charge is 2.33. The predicted molar refractivity (Wildman–Crippen MR) is 91.8 cm³/mol.